The van der Waals surface area contributed by atoms with Crippen LogP contribution in [0.5, 0.6) is 5.75 Å². The number of rotatable bonds is 3. The smallest absolute Gasteiger partial charge is 0.119 e. The Morgan fingerprint density at radius 2 is 2.00 bits per heavy atom. The van der Waals surface area contributed by atoms with Crippen LogP contribution in [0.15, 0.2) is 30.5 Å². The van der Waals surface area contributed by atoms with E-state index < -0.39 is 0 Å². The van der Waals surface area contributed by atoms with Gasteiger partial charge in [-0.15, -0.1) is 0 Å². The molecule has 0 N–H and O–H groups in total. The van der Waals surface area contributed by atoms with Gasteiger partial charge in [0.1, 0.15) is 5.75 Å². The van der Waals surface area contributed by atoms with E-state index in [4.69, 9.17) is 4.74 Å². The molecule has 0 aliphatic heterocycles. The summed E-state index contributed by atoms with van der Waals surface area (Å²) in [5, 5.41) is 1.27. The minimum atomic E-state index is 0.656. The fourth-order valence-corrected chi connectivity index (χ4v) is 2.80. The lowest BCUT2D eigenvalue weighted by Gasteiger charge is -2.40. The Morgan fingerprint density at radius 1 is 1.22 bits per heavy atom. The number of fused-ring (bicyclic) bond motifs is 1. The summed E-state index contributed by atoms with van der Waals surface area (Å²) in [4.78, 5) is 2.32. The lowest BCUT2D eigenvalue weighted by atomic mass is 9.85. The molecule has 0 unspecified atom stereocenters. The Labute approximate surface area is 108 Å². The van der Waals surface area contributed by atoms with E-state index in [1.165, 1.54) is 23.7 Å². The number of aromatic nitrogens is 1. The molecule has 1 aliphatic carbocycles. The van der Waals surface area contributed by atoms with Crippen molar-refractivity contribution in [2.24, 2.45) is 0 Å². The maximum atomic E-state index is 5.26. The quantitative estimate of drug-likeness (QED) is 0.826. The summed E-state index contributed by atoms with van der Waals surface area (Å²) < 4.78 is 7.68. The van der Waals surface area contributed by atoms with Gasteiger partial charge in [0.15, 0.2) is 0 Å². The molecular formula is C15H20N2O. The molecule has 1 aromatic heterocycles. The average Bonchev–Trinajstić information content (AvgIpc) is 2.70. The van der Waals surface area contributed by atoms with Gasteiger partial charge in [0.25, 0.3) is 0 Å². The van der Waals surface area contributed by atoms with E-state index in [0.717, 1.165) is 11.8 Å². The third-order valence-corrected chi connectivity index (χ3v) is 4.14. The Kier molecular flexibility index (Phi) is 2.78. The first kappa shape index (κ1) is 11.6. The molecule has 3 rings (SSSR count). The van der Waals surface area contributed by atoms with Crippen molar-refractivity contribution in [1.82, 2.24) is 9.47 Å². The molecule has 0 spiro atoms. The standard InChI is InChI=1S/C15H20N2O/c1-16(2)12-9-13(10-12)17-7-6-11-8-14(18-3)4-5-15(11)17/h4-8,12-13H,9-10H2,1-3H3/t12-,13+. The predicted molar refractivity (Wildman–Crippen MR) is 74.2 cm³/mol. The second-order valence-corrected chi connectivity index (χ2v) is 5.39. The second-order valence-electron chi connectivity index (χ2n) is 5.39. The molecule has 3 heteroatoms. The number of ether oxygens (including phenoxy) is 1. The van der Waals surface area contributed by atoms with Crippen molar-refractivity contribution in [3.05, 3.63) is 30.5 Å². The maximum Gasteiger partial charge on any atom is 0.119 e. The molecule has 1 aliphatic rings. The van der Waals surface area contributed by atoms with Crippen molar-refractivity contribution in [2.45, 2.75) is 24.9 Å². The van der Waals surface area contributed by atoms with Crippen molar-refractivity contribution in [2.75, 3.05) is 21.2 Å². The second kappa shape index (κ2) is 4.32. The molecular weight excluding hydrogens is 224 g/mol. The van der Waals surface area contributed by atoms with Gasteiger partial charge in [0.05, 0.1) is 7.11 Å². The zero-order chi connectivity index (χ0) is 12.7. The fourth-order valence-electron chi connectivity index (χ4n) is 2.80. The highest BCUT2D eigenvalue weighted by Gasteiger charge is 2.32. The van der Waals surface area contributed by atoms with Crippen LogP contribution >= 0.6 is 0 Å². The number of hydrogen-bond donors (Lipinski definition) is 0. The van der Waals surface area contributed by atoms with Gasteiger partial charge in [-0.1, -0.05) is 0 Å². The normalized spacial score (nSPS) is 23.3. The van der Waals surface area contributed by atoms with Crippen molar-refractivity contribution < 1.29 is 4.74 Å². The van der Waals surface area contributed by atoms with Gasteiger partial charge in [0.2, 0.25) is 0 Å². The summed E-state index contributed by atoms with van der Waals surface area (Å²) in [5.74, 6) is 0.931. The minimum absolute atomic E-state index is 0.656. The van der Waals surface area contributed by atoms with Gasteiger partial charge in [0, 0.05) is 29.2 Å². The molecule has 2 aromatic rings. The van der Waals surface area contributed by atoms with E-state index >= 15 is 0 Å². The van der Waals surface area contributed by atoms with Crippen LogP contribution in [0.1, 0.15) is 18.9 Å². The molecule has 96 valence electrons. The molecule has 1 fully saturated rings. The van der Waals surface area contributed by atoms with Crippen LogP contribution in [0.25, 0.3) is 10.9 Å². The van der Waals surface area contributed by atoms with E-state index in [1.54, 1.807) is 7.11 Å². The van der Waals surface area contributed by atoms with Gasteiger partial charge >= 0.3 is 0 Å². The Balaban J connectivity index is 1.86. The monoisotopic (exact) mass is 244 g/mol. The van der Waals surface area contributed by atoms with Crippen molar-refractivity contribution in [3.63, 3.8) is 0 Å². The Bertz CT molecular complexity index is 553. The Morgan fingerprint density at radius 3 is 2.67 bits per heavy atom. The molecule has 1 heterocycles. The first-order valence-corrected chi connectivity index (χ1v) is 6.50. The molecule has 0 bridgehead atoms. The minimum Gasteiger partial charge on any atom is -0.497 e. The molecule has 1 saturated carbocycles. The van der Waals surface area contributed by atoms with Crippen molar-refractivity contribution in [3.8, 4) is 5.75 Å². The SMILES string of the molecule is COc1ccc2c(ccn2[C@H]2C[C@@H](N(C)C)C2)c1. The van der Waals surface area contributed by atoms with Crippen LogP contribution in [0.4, 0.5) is 0 Å². The fraction of sp³-hybridized carbons (Fsp3) is 0.467. The lowest BCUT2D eigenvalue weighted by Crippen LogP contribution is -2.41. The largest absolute Gasteiger partial charge is 0.497 e. The molecule has 18 heavy (non-hydrogen) atoms. The van der Waals surface area contributed by atoms with Crippen LogP contribution in [0.2, 0.25) is 0 Å². The lowest BCUT2D eigenvalue weighted by molar-refractivity contribution is 0.132. The van der Waals surface area contributed by atoms with E-state index in [0.29, 0.717) is 6.04 Å². The highest BCUT2D eigenvalue weighted by Crippen LogP contribution is 2.37. The third kappa shape index (κ3) is 1.79. The summed E-state index contributed by atoms with van der Waals surface area (Å²) in [6, 6.07) is 9.89. The van der Waals surface area contributed by atoms with Crippen LogP contribution in [-0.4, -0.2) is 36.7 Å². The maximum absolute atomic E-state index is 5.26. The van der Waals surface area contributed by atoms with Crippen molar-refractivity contribution >= 4 is 10.9 Å². The van der Waals surface area contributed by atoms with Gasteiger partial charge in [-0.05, 0) is 51.2 Å². The summed E-state index contributed by atoms with van der Waals surface area (Å²) in [6.45, 7) is 0. The first-order chi connectivity index (χ1) is 8.69. The summed E-state index contributed by atoms with van der Waals surface area (Å²) in [5.41, 5.74) is 1.32. The van der Waals surface area contributed by atoms with Gasteiger partial charge in [-0.2, -0.15) is 0 Å². The molecule has 3 nitrogen and oxygen atoms in total. The zero-order valence-corrected chi connectivity index (χ0v) is 11.3. The van der Waals surface area contributed by atoms with Crippen LogP contribution in [0.3, 0.4) is 0 Å². The van der Waals surface area contributed by atoms with E-state index in [-0.39, 0.29) is 0 Å². The average molecular weight is 244 g/mol. The highest BCUT2D eigenvalue weighted by molar-refractivity contribution is 5.81. The Hall–Kier alpha value is -1.48. The molecule has 0 amide bonds. The van der Waals surface area contributed by atoms with Gasteiger partial charge in [-0.3, -0.25) is 0 Å². The zero-order valence-electron chi connectivity index (χ0n) is 11.3. The van der Waals surface area contributed by atoms with E-state index in [1.807, 2.05) is 6.07 Å². The topological polar surface area (TPSA) is 17.4 Å². The van der Waals surface area contributed by atoms with Crippen LogP contribution < -0.4 is 4.74 Å². The molecule has 0 saturated heterocycles. The summed E-state index contributed by atoms with van der Waals surface area (Å²) >= 11 is 0. The molecule has 0 atom stereocenters. The summed E-state index contributed by atoms with van der Waals surface area (Å²) in [7, 11) is 6.05. The predicted octanol–water partition coefficient (Wildman–Crippen LogP) is 2.92. The molecule has 1 aromatic carbocycles. The van der Waals surface area contributed by atoms with E-state index in [9.17, 15) is 0 Å². The number of benzene rings is 1. The first-order valence-electron chi connectivity index (χ1n) is 6.50. The molecule has 0 radical (unpaired) electrons. The van der Waals surface area contributed by atoms with Crippen LogP contribution in [-0.2, 0) is 0 Å². The van der Waals surface area contributed by atoms with Crippen molar-refractivity contribution in [1.29, 1.82) is 0 Å². The number of methoxy groups -OCH3 is 1. The number of hydrogen-bond acceptors (Lipinski definition) is 2. The van der Waals surface area contributed by atoms with Gasteiger partial charge < -0.3 is 14.2 Å². The summed E-state index contributed by atoms with van der Waals surface area (Å²) in [6.07, 6.45) is 4.71. The van der Waals surface area contributed by atoms with E-state index in [2.05, 4.69) is 48.0 Å². The number of nitrogens with zero attached hydrogens (tertiary/aromatic N) is 2. The highest BCUT2D eigenvalue weighted by atomic mass is 16.5. The van der Waals surface area contributed by atoms with Crippen LogP contribution in [0, 0.1) is 0 Å². The van der Waals surface area contributed by atoms with Gasteiger partial charge in [-0.25, -0.2) is 0 Å². The third-order valence-electron chi connectivity index (χ3n) is 4.14.